The lowest BCUT2D eigenvalue weighted by Crippen LogP contribution is -2.39. The van der Waals surface area contributed by atoms with Crippen LogP contribution in [0.1, 0.15) is 53.4 Å². The van der Waals surface area contributed by atoms with E-state index in [1.807, 2.05) is 40.1 Å². The molecule has 0 radical (unpaired) electrons. The summed E-state index contributed by atoms with van der Waals surface area (Å²) in [7, 11) is 1.56. The average molecular weight is 539 g/mol. The Morgan fingerprint density at radius 1 is 0.850 bits per heavy atom. The highest BCUT2D eigenvalue weighted by Gasteiger charge is 2.36. The molecule has 2 amide bonds. The zero-order chi connectivity index (χ0) is 27.8. The number of benzene rings is 1. The first-order valence-corrected chi connectivity index (χ1v) is 13.4. The number of imide groups is 1. The third-order valence-corrected chi connectivity index (χ3v) is 7.50. The molecule has 11 nitrogen and oxygen atoms in total. The van der Waals surface area contributed by atoms with Gasteiger partial charge in [0.1, 0.15) is 0 Å². The molecule has 0 saturated carbocycles. The van der Waals surface area contributed by atoms with E-state index < -0.39 is 6.10 Å². The monoisotopic (exact) mass is 538 g/mol. The normalized spacial score (nSPS) is 14.1. The minimum Gasteiger partial charge on any atom is -0.378 e. The lowest BCUT2D eigenvalue weighted by Gasteiger charge is -2.21. The van der Waals surface area contributed by atoms with Gasteiger partial charge in [0.2, 0.25) is 0 Å². The van der Waals surface area contributed by atoms with Crippen molar-refractivity contribution >= 4 is 17.3 Å². The maximum Gasteiger partial charge on any atom is 0.261 e. The summed E-state index contributed by atoms with van der Waals surface area (Å²) >= 11 is 0. The maximum atomic E-state index is 12.8. The molecule has 0 bridgehead atoms. The molecule has 6 rings (SSSR count). The van der Waals surface area contributed by atoms with E-state index in [1.165, 1.54) is 4.90 Å². The van der Waals surface area contributed by atoms with Gasteiger partial charge >= 0.3 is 0 Å². The molecule has 5 aromatic rings. The third-order valence-electron chi connectivity index (χ3n) is 7.50. The predicted octanol–water partition coefficient (Wildman–Crippen LogP) is 4.13. The molecule has 0 fully saturated rings. The zero-order valence-corrected chi connectivity index (χ0v) is 22.6. The Bertz CT molecular complexity index is 1660. The second-order valence-electron chi connectivity index (χ2n) is 9.89. The first-order chi connectivity index (χ1) is 19.5. The summed E-state index contributed by atoms with van der Waals surface area (Å²) in [6.45, 7) is 4.80. The molecular formula is C29H30N8O3. The molecule has 1 aromatic carbocycles. The largest absolute Gasteiger partial charge is 0.378 e. The SMILES string of the molecule is CCC(CC)n1cc(-c2nc(-c3cnn(CC(CN4C(=O)c5ccccc5C4=O)OC)c3)cn3nccc23)cn1. The van der Waals surface area contributed by atoms with Gasteiger partial charge in [-0.2, -0.15) is 15.3 Å². The van der Waals surface area contributed by atoms with Crippen molar-refractivity contribution in [1.82, 2.24) is 39.1 Å². The van der Waals surface area contributed by atoms with Crippen LogP contribution in [0.2, 0.25) is 0 Å². The standard InChI is InChI=1S/C29H30N8O3/c1-4-21(5-2)36-15-20(13-32-36)27-26-10-11-30-37(26)18-25(33-27)19-12-31-34(14-19)16-22(40-3)17-35-28(38)23-8-6-7-9-24(23)29(35)39/h6-15,18,21-22H,4-5,16-17H2,1-3H3. The van der Waals surface area contributed by atoms with E-state index in [2.05, 4.69) is 29.1 Å². The molecule has 0 N–H and O–H groups in total. The first kappa shape index (κ1) is 25.6. The van der Waals surface area contributed by atoms with Crippen LogP contribution in [0, 0.1) is 0 Å². The first-order valence-electron chi connectivity index (χ1n) is 13.4. The van der Waals surface area contributed by atoms with Gasteiger partial charge < -0.3 is 4.74 Å². The van der Waals surface area contributed by atoms with Crippen LogP contribution >= 0.6 is 0 Å². The fourth-order valence-corrected chi connectivity index (χ4v) is 5.22. The van der Waals surface area contributed by atoms with Crippen molar-refractivity contribution < 1.29 is 14.3 Å². The number of carbonyl (C=O) groups excluding carboxylic acids is 2. The molecule has 0 saturated heterocycles. The highest BCUT2D eigenvalue weighted by atomic mass is 16.5. The van der Waals surface area contributed by atoms with Gasteiger partial charge in [-0.3, -0.25) is 23.9 Å². The van der Waals surface area contributed by atoms with Crippen molar-refractivity contribution in [1.29, 1.82) is 0 Å². The topological polar surface area (TPSA) is 112 Å². The fourth-order valence-electron chi connectivity index (χ4n) is 5.22. The minimum atomic E-state index is -0.442. The van der Waals surface area contributed by atoms with E-state index >= 15 is 0 Å². The van der Waals surface area contributed by atoms with E-state index in [0.717, 1.165) is 35.2 Å². The van der Waals surface area contributed by atoms with Crippen molar-refractivity contribution in [3.63, 3.8) is 0 Å². The third kappa shape index (κ3) is 4.47. The molecule has 1 aliphatic rings. The van der Waals surface area contributed by atoms with Crippen LogP contribution in [0.3, 0.4) is 0 Å². The average Bonchev–Trinajstić information content (AvgIpc) is 3.78. The van der Waals surface area contributed by atoms with Crippen LogP contribution in [0.4, 0.5) is 0 Å². The van der Waals surface area contributed by atoms with E-state index in [9.17, 15) is 9.59 Å². The number of methoxy groups -OCH3 is 1. The van der Waals surface area contributed by atoms with Crippen LogP contribution in [0.5, 0.6) is 0 Å². The van der Waals surface area contributed by atoms with Crippen LogP contribution in [-0.2, 0) is 11.3 Å². The Hall–Kier alpha value is -4.64. The van der Waals surface area contributed by atoms with Crippen LogP contribution in [-0.4, -0.2) is 70.6 Å². The second-order valence-corrected chi connectivity index (χ2v) is 9.89. The summed E-state index contributed by atoms with van der Waals surface area (Å²) in [5, 5.41) is 13.6. The minimum absolute atomic E-state index is 0.125. The number of aromatic nitrogens is 7. The highest BCUT2D eigenvalue weighted by Crippen LogP contribution is 2.28. The molecule has 0 spiro atoms. The summed E-state index contributed by atoms with van der Waals surface area (Å²) < 4.78 is 11.2. The number of ether oxygens (including phenoxy) is 1. The van der Waals surface area contributed by atoms with Gasteiger partial charge in [0.15, 0.2) is 0 Å². The van der Waals surface area contributed by atoms with Gasteiger partial charge in [-0.05, 0) is 31.0 Å². The van der Waals surface area contributed by atoms with E-state index in [1.54, 1.807) is 48.5 Å². The predicted molar refractivity (Wildman–Crippen MR) is 148 cm³/mol. The van der Waals surface area contributed by atoms with Crippen molar-refractivity contribution in [2.24, 2.45) is 0 Å². The summed E-state index contributed by atoms with van der Waals surface area (Å²) in [6, 6.07) is 9.13. The van der Waals surface area contributed by atoms with Gasteiger partial charge in [0.05, 0.1) is 78.1 Å². The van der Waals surface area contributed by atoms with Crippen LogP contribution < -0.4 is 0 Å². The lowest BCUT2D eigenvalue weighted by atomic mass is 10.1. The van der Waals surface area contributed by atoms with E-state index in [-0.39, 0.29) is 18.4 Å². The molecule has 204 valence electrons. The smallest absolute Gasteiger partial charge is 0.261 e. The summed E-state index contributed by atoms with van der Waals surface area (Å²) in [5.74, 6) is -0.610. The van der Waals surface area contributed by atoms with Crippen molar-refractivity contribution in [3.8, 4) is 22.5 Å². The van der Waals surface area contributed by atoms with Gasteiger partial charge in [-0.1, -0.05) is 26.0 Å². The summed E-state index contributed by atoms with van der Waals surface area (Å²) in [6.07, 6.45) is 12.7. The van der Waals surface area contributed by atoms with Gasteiger partial charge in [-0.15, -0.1) is 0 Å². The fraction of sp³-hybridized carbons (Fsp3) is 0.310. The molecule has 1 unspecified atom stereocenters. The van der Waals surface area contributed by atoms with E-state index in [0.29, 0.717) is 29.4 Å². The number of hydrogen-bond donors (Lipinski definition) is 0. The number of rotatable bonds is 10. The summed E-state index contributed by atoms with van der Waals surface area (Å²) in [4.78, 5) is 31.8. The van der Waals surface area contributed by atoms with Crippen LogP contribution in [0.15, 0.2) is 67.5 Å². The number of nitrogens with zero attached hydrogens (tertiary/aromatic N) is 8. The Kier molecular flexibility index (Phi) is 6.72. The lowest BCUT2D eigenvalue weighted by molar-refractivity contribution is 0.0380. The van der Waals surface area contributed by atoms with Gasteiger partial charge in [-0.25, -0.2) is 9.50 Å². The Balaban J connectivity index is 1.24. The molecule has 5 heterocycles. The molecule has 1 aliphatic heterocycles. The Morgan fingerprint density at radius 2 is 1.57 bits per heavy atom. The zero-order valence-electron chi connectivity index (χ0n) is 22.6. The van der Waals surface area contributed by atoms with Crippen molar-refractivity contribution in [3.05, 3.63) is 78.6 Å². The molecule has 11 heteroatoms. The summed E-state index contributed by atoms with van der Waals surface area (Å²) in [5.41, 5.74) is 4.96. The molecular weight excluding hydrogens is 508 g/mol. The molecule has 0 aliphatic carbocycles. The quantitative estimate of drug-likeness (QED) is 0.246. The number of amides is 2. The highest BCUT2D eigenvalue weighted by molar-refractivity contribution is 6.21. The number of carbonyl (C=O) groups is 2. The molecule has 4 aromatic heterocycles. The van der Waals surface area contributed by atoms with E-state index in [4.69, 9.17) is 9.72 Å². The van der Waals surface area contributed by atoms with Crippen molar-refractivity contribution in [2.45, 2.75) is 45.4 Å². The Labute approximate surface area is 231 Å². The number of fused-ring (bicyclic) bond motifs is 2. The maximum absolute atomic E-state index is 12.8. The van der Waals surface area contributed by atoms with Gasteiger partial charge in [0, 0.05) is 30.6 Å². The molecule has 40 heavy (non-hydrogen) atoms. The Morgan fingerprint density at radius 3 is 2.27 bits per heavy atom. The van der Waals surface area contributed by atoms with Gasteiger partial charge in [0.25, 0.3) is 11.8 Å². The molecule has 1 atom stereocenters. The number of hydrogen-bond acceptors (Lipinski definition) is 7. The van der Waals surface area contributed by atoms with Crippen molar-refractivity contribution in [2.75, 3.05) is 13.7 Å². The van der Waals surface area contributed by atoms with Crippen LogP contribution in [0.25, 0.3) is 28.0 Å². The second kappa shape index (κ2) is 10.5.